The molecule has 0 aliphatic heterocycles. The van der Waals surface area contributed by atoms with E-state index in [1.165, 1.54) is 19.0 Å². The van der Waals surface area contributed by atoms with Gasteiger partial charge in [0.15, 0.2) is 11.6 Å². The molecule has 1 unspecified atom stereocenters. The summed E-state index contributed by atoms with van der Waals surface area (Å²) in [4.78, 5) is 37.0. The van der Waals surface area contributed by atoms with Crippen LogP contribution >= 0.6 is 0 Å². The molecule has 2 aromatic heterocycles. The highest BCUT2D eigenvalue weighted by Gasteiger charge is 2.21. The van der Waals surface area contributed by atoms with Crippen molar-refractivity contribution in [3.8, 4) is 11.3 Å². The topological polar surface area (TPSA) is 138 Å². The number of nitrogens with zero attached hydrogens (tertiary/aromatic N) is 2. The largest absolute Gasteiger partial charge is 0.382 e. The summed E-state index contributed by atoms with van der Waals surface area (Å²) in [6.07, 6.45) is 8.18. The number of pyridine rings is 1. The van der Waals surface area contributed by atoms with Crippen LogP contribution in [0.2, 0.25) is 0 Å². The number of rotatable bonds is 12. The Balaban J connectivity index is 1.50. The van der Waals surface area contributed by atoms with Gasteiger partial charge in [-0.15, -0.1) is 0 Å². The van der Waals surface area contributed by atoms with Gasteiger partial charge in [0.2, 0.25) is 0 Å². The summed E-state index contributed by atoms with van der Waals surface area (Å²) in [6, 6.07) is 10.2. The lowest BCUT2D eigenvalue weighted by Gasteiger charge is -2.14. The van der Waals surface area contributed by atoms with Crippen LogP contribution in [-0.4, -0.2) is 32.5 Å². The van der Waals surface area contributed by atoms with Gasteiger partial charge in [0.1, 0.15) is 5.69 Å². The van der Waals surface area contributed by atoms with E-state index in [0.29, 0.717) is 28.4 Å². The summed E-state index contributed by atoms with van der Waals surface area (Å²) in [6.45, 7) is 4.97. The Labute approximate surface area is 211 Å². The molecule has 1 aromatic carbocycles. The second-order valence-corrected chi connectivity index (χ2v) is 9.49. The van der Waals surface area contributed by atoms with E-state index in [0.717, 1.165) is 31.4 Å². The van der Waals surface area contributed by atoms with Crippen molar-refractivity contribution in [1.29, 1.82) is 5.41 Å². The summed E-state index contributed by atoms with van der Waals surface area (Å²) in [5.74, 6) is -0.189. The molecule has 1 fully saturated rings. The second kappa shape index (κ2) is 11.4. The lowest BCUT2D eigenvalue weighted by molar-refractivity contribution is 0.0996. The molecule has 188 valence electrons. The number of Topliss-reactive ketones (excluding diaryl/α,β-unsaturated/α-hetero) is 1. The van der Waals surface area contributed by atoms with Crippen molar-refractivity contribution in [3.05, 3.63) is 75.5 Å². The second-order valence-electron chi connectivity index (χ2n) is 9.49. The average Bonchev–Trinajstić information content (AvgIpc) is 3.72. The lowest BCUT2D eigenvalue weighted by atomic mass is 9.92. The van der Waals surface area contributed by atoms with E-state index >= 15 is 0 Å². The lowest BCUT2D eigenvalue weighted by Crippen LogP contribution is -2.17. The van der Waals surface area contributed by atoms with Gasteiger partial charge in [0.25, 0.3) is 5.56 Å². The summed E-state index contributed by atoms with van der Waals surface area (Å²) in [5.41, 5.74) is 9.80. The number of H-pyrrole nitrogens is 1. The van der Waals surface area contributed by atoms with E-state index in [1.807, 2.05) is 30.3 Å². The number of carbonyl (C=O) groups excluding carboxylic acids is 1. The van der Waals surface area contributed by atoms with Crippen LogP contribution in [0.25, 0.3) is 11.3 Å². The molecular formula is C28H34N6O2. The number of nitrogens with two attached hydrogens (primary N) is 1. The molecule has 2 heterocycles. The normalized spacial score (nSPS) is 13.9. The Morgan fingerprint density at radius 3 is 2.67 bits per heavy atom. The number of anilines is 1. The first-order valence-electron chi connectivity index (χ1n) is 12.7. The molecule has 0 bridgehead atoms. The summed E-state index contributed by atoms with van der Waals surface area (Å²) >= 11 is 0. The number of hydrogen-bond donors (Lipinski definition) is 4. The molecule has 8 nitrogen and oxygen atoms in total. The predicted octanol–water partition coefficient (Wildman–Crippen LogP) is 4.60. The third-order valence-electron chi connectivity index (χ3n) is 6.67. The van der Waals surface area contributed by atoms with Crippen LogP contribution in [0.5, 0.6) is 0 Å². The Kier molecular flexibility index (Phi) is 8.05. The summed E-state index contributed by atoms with van der Waals surface area (Å²) < 4.78 is 0. The maximum Gasteiger partial charge on any atom is 0.251 e. The first-order chi connectivity index (χ1) is 17.4. The van der Waals surface area contributed by atoms with Crippen molar-refractivity contribution in [1.82, 2.24) is 20.3 Å². The van der Waals surface area contributed by atoms with Crippen molar-refractivity contribution in [2.45, 2.75) is 70.9 Å². The number of nitrogen functional groups attached to an aromatic ring is 1. The highest BCUT2D eigenvalue weighted by molar-refractivity contribution is 6.15. The zero-order valence-electron chi connectivity index (χ0n) is 20.9. The molecule has 5 N–H and O–H groups in total. The molecule has 0 amide bonds. The quantitative estimate of drug-likeness (QED) is 0.218. The van der Waals surface area contributed by atoms with Gasteiger partial charge in [-0.2, -0.15) is 0 Å². The van der Waals surface area contributed by atoms with Crippen LogP contribution < -0.4 is 16.6 Å². The van der Waals surface area contributed by atoms with E-state index < -0.39 is 0 Å². The maximum absolute atomic E-state index is 13.1. The number of hydrogen-bond acceptors (Lipinski definition) is 7. The molecule has 4 rings (SSSR count). The van der Waals surface area contributed by atoms with Crippen molar-refractivity contribution < 1.29 is 4.79 Å². The molecule has 1 aliphatic carbocycles. The smallest absolute Gasteiger partial charge is 0.251 e. The van der Waals surface area contributed by atoms with Gasteiger partial charge in [-0.25, -0.2) is 9.97 Å². The Morgan fingerprint density at radius 1 is 1.25 bits per heavy atom. The zero-order valence-corrected chi connectivity index (χ0v) is 20.9. The SMILES string of the molecule is CCCC(CC)c1cc(-c2cnc(N)c(C(=O)CC(=N)c3ccc(CNC4CC4)cc3)n2)c[nH]c1=O. The molecule has 1 aliphatic rings. The molecule has 3 aromatic rings. The Bertz CT molecular complexity index is 1290. The van der Waals surface area contributed by atoms with E-state index in [4.69, 9.17) is 11.1 Å². The number of benzene rings is 1. The fourth-order valence-electron chi connectivity index (χ4n) is 4.34. The highest BCUT2D eigenvalue weighted by Crippen LogP contribution is 2.26. The first kappa shape index (κ1) is 25.4. The van der Waals surface area contributed by atoms with Crippen LogP contribution in [0.4, 0.5) is 5.82 Å². The van der Waals surface area contributed by atoms with Gasteiger partial charge in [-0.05, 0) is 48.8 Å². The number of nitrogens with one attached hydrogen (secondary N) is 3. The molecule has 0 spiro atoms. The number of aromatic nitrogens is 3. The molecule has 0 saturated heterocycles. The van der Waals surface area contributed by atoms with Gasteiger partial charge in [0.05, 0.1) is 18.3 Å². The van der Waals surface area contributed by atoms with Crippen LogP contribution in [-0.2, 0) is 6.54 Å². The van der Waals surface area contributed by atoms with E-state index in [2.05, 4.69) is 34.1 Å². The first-order valence-corrected chi connectivity index (χ1v) is 12.7. The van der Waals surface area contributed by atoms with Crippen LogP contribution in [0.15, 0.2) is 47.5 Å². The number of carbonyl (C=O) groups is 1. The maximum atomic E-state index is 13.1. The molecular weight excluding hydrogens is 452 g/mol. The zero-order chi connectivity index (χ0) is 25.7. The fourth-order valence-corrected chi connectivity index (χ4v) is 4.34. The van der Waals surface area contributed by atoms with Gasteiger partial charge >= 0.3 is 0 Å². The molecule has 36 heavy (non-hydrogen) atoms. The minimum absolute atomic E-state index is 0.0279. The Hall–Kier alpha value is -3.65. The molecule has 0 radical (unpaired) electrons. The van der Waals surface area contributed by atoms with Gasteiger partial charge in [-0.1, -0.05) is 44.5 Å². The summed E-state index contributed by atoms with van der Waals surface area (Å²) in [5, 5.41) is 11.9. The third kappa shape index (κ3) is 6.12. The van der Waals surface area contributed by atoms with Crippen molar-refractivity contribution in [3.63, 3.8) is 0 Å². The number of aromatic amines is 1. The van der Waals surface area contributed by atoms with Crippen molar-refractivity contribution in [2.75, 3.05) is 5.73 Å². The van der Waals surface area contributed by atoms with Crippen LogP contribution in [0.1, 0.15) is 85.5 Å². The number of ketones is 1. The average molecular weight is 487 g/mol. The van der Waals surface area contributed by atoms with E-state index in [1.54, 1.807) is 6.20 Å². The standard InChI is InChI=1S/C28H34N6O2/c1-3-5-18(4-2)22-12-20(15-33-28(22)36)24-16-32-27(30)26(34-24)25(35)13-23(29)19-8-6-17(7-9-19)14-31-21-10-11-21/h6-9,12,15-16,18,21,29,31H,3-5,10-11,13-14H2,1-2H3,(H2,30,32)(H,33,36). The molecule has 1 saturated carbocycles. The van der Waals surface area contributed by atoms with Crippen LogP contribution in [0, 0.1) is 5.41 Å². The van der Waals surface area contributed by atoms with E-state index in [-0.39, 0.29) is 40.9 Å². The third-order valence-corrected chi connectivity index (χ3v) is 6.67. The van der Waals surface area contributed by atoms with Crippen molar-refractivity contribution in [2.24, 2.45) is 0 Å². The Morgan fingerprint density at radius 2 is 2.00 bits per heavy atom. The van der Waals surface area contributed by atoms with Crippen molar-refractivity contribution >= 4 is 17.3 Å². The predicted molar refractivity (Wildman–Crippen MR) is 143 cm³/mol. The van der Waals surface area contributed by atoms with Gasteiger partial charge in [0, 0.05) is 35.6 Å². The summed E-state index contributed by atoms with van der Waals surface area (Å²) in [7, 11) is 0. The fraction of sp³-hybridized carbons (Fsp3) is 0.393. The minimum atomic E-state index is -0.367. The molecule has 8 heteroatoms. The van der Waals surface area contributed by atoms with Gasteiger partial charge in [-0.3, -0.25) is 9.59 Å². The van der Waals surface area contributed by atoms with Crippen LogP contribution in [0.3, 0.4) is 0 Å². The minimum Gasteiger partial charge on any atom is -0.382 e. The monoisotopic (exact) mass is 486 g/mol. The van der Waals surface area contributed by atoms with Gasteiger partial charge < -0.3 is 21.4 Å². The highest BCUT2D eigenvalue weighted by atomic mass is 16.1. The van der Waals surface area contributed by atoms with E-state index in [9.17, 15) is 9.59 Å². The molecule has 1 atom stereocenters.